The Bertz CT molecular complexity index is 626. The lowest BCUT2D eigenvalue weighted by atomic mass is 10.0. The Morgan fingerprint density at radius 3 is 2.76 bits per heavy atom. The largest absolute Gasteiger partial charge is 0.399 e. The summed E-state index contributed by atoms with van der Waals surface area (Å²) in [5.74, 6) is 0.468. The highest BCUT2D eigenvalue weighted by Gasteiger charge is 2.30. The van der Waals surface area contributed by atoms with E-state index in [1.165, 1.54) is 11.6 Å². The Morgan fingerprint density at radius 1 is 1.19 bits per heavy atom. The van der Waals surface area contributed by atoms with Crippen LogP contribution in [0, 0.1) is 11.7 Å². The SMILES string of the molecule is CC1CC(c2cccc(F)c2)N(Cc2cccc(N)c2)C1. The number of halogens is 1. The summed E-state index contributed by atoms with van der Waals surface area (Å²) in [5, 5.41) is 0. The van der Waals surface area contributed by atoms with Crippen LogP contribution in [0.2, 0.25) is 0 Å². The standard InChI is InChI=1S/C18H21FN2/c1-13-8-18(15-5-3-6-16(19)10-15)21(11-13)12-14-4-2-7-17(20)9-14/h2-7,9-10,13,18H,8,11-12,20H2,1H3. The molecule has 0 bridgehead atoms. The molecule has 0 amide bonds. The van der Waals surface area contributed by atoms with E-state index in [0.29, 0.717) is 5.92 Å². The summed E-state index contributed by atoms with van der Waals surface area (Å²) in [6, 6.07) is 15.3. The predicted octanol–water partition coefficient (Wildman–Crippen LogP) is 3.99. The van der Waals surface area contributed by atoms with Gasteiger partial charge in [0, 0.05) is 24.8 Å². The van der Waals surface area contributed by atoms with E-state index < -0.39 is 0 Å². The lowest BCUT2D eigenvalue weighted by Gasteiger charge is -2.25. The van der Waals surface area contributed by atoms with E-state index in [2.05, 4.69) is 17.9 Å². The maximum absolute atomic E-state index is 13.5. The highest BCUT2D eigenvalue weighted by atomic mass is 19.1. The lowest BCUT2D eigenvalue weighted by molar-refractivity contribution is 0.245. The summed E-state index contributed by atoms with van der Waals surface area (Å²) in [7, 11) is 0. The van der Waals surface area contributed by atoms with E-state index in [1.54, 1.807) is 12.1 Å². The molecule has 21 heavy (non-hydrogen) atoms. The quantitative estimate of drug-likeness (QED) is 0.863. The number of nitrogens with zero attached hydrogens (tertiary/aromatic N) is 1. The Morgan fingerprint density at radius 2 is 2.00 bits per heavy atom. The summed E-state index contributed by atoms with van der Waals surface area (Å²) in [4.78, 5) is 2.42. The molecule has 1 heterocycles. The van der Waals surface area contributed by atoms with Crippen LogP contribution in [-0.2, 0) is 6.54 Å². The van der Waals surface area contributed by atoms with Gasteiger partial charge in [0.2, 0.25) is 0 Å². The molecule has 2 atom stereocenters. The van der Waals surface area contributed by atoms with Crippen LogP contribution in [0.3, 0.4) is 0 Å². The van der Waals surface area contributed by atoms with Gasteiger partial charge in [-0.15, -0.1) is 0 Å². The van der Waals surface area contributed by atoms with Gasteiger partial charge in [-0.3, -0.25) is 4.90 Å². The normalized spacial score (nSPS) is 22.6. The Kier molecular flexibility index (Phi) is 3.93. The fourth-order valence-corrected chi connectivity index (χ4v) is 3.29. The Labute approximate surface area is 125 Å². The van der Waals surface area contributed by atoms with E-state index in [1.807, 2.05) is 24.3 Å². The summed E-state index contributed by atoms with van der Waals surface area (Å²) in [5.41, 5.74) is 8.94. The fraction of sp³-hybridized carbons (Fsp3) is 0.333. The van der Waals surface area contributed by atoms with Gasteiger partial charge >= 0.3 is 0 Å². The first-order valence-electron chi connectivity index (χ1n) is 7.46. The monoisotopic (exact) mass is 284 g/mol. The first kappa shape index (κ1) is 14.1. The molecule has 3 heteroatoms. The van der Waals surface area contributed by atoms with Crippen molar-refractivity contribution >= 4 is 5.69 Å². The van der Waals surface area contributed by atoms with Gasteiger partial charge < -0.3 is 5.73 Å². The molecule has 2 aromatic rings. The maximum atomic E-state index is 13.5. The van der Waals surface area contributed by atoms with Gasteiger partial charge in [0.1, 0.15) is 5.82 Å². The summed E-state index contributed by atoms with van der Waals surface area (Å²) >= 11 is 0. The van der Waals surface area contributed by atoms with E-state index in [4.69, 9.17) is 5.73 Å². The van der Waals surface area contributed by atoms with Crippen molar-refractivity contribution in [2.24, 2.45) is 5.92 Å². The molecule has 2 N–H and O–H groups in total. The minimum atomic E-state index is -0.157. The van der Waals surface area contributed by atoms with Crippen molar-refractivity contribution in [3.05, 3.63) is 65.5 Å². The molecular weight excluding hydrogens is 263 g/mol. The third-order valence-corrected chi connectivity index (χ3v) is 4.18. The van der Waals surface area contributed by atoms with Crippen molar-refractivity contribution in [1.82, 2.24) is 4.90 Å². The molecule has 110 valence electrons. The van der Waals surface area contributed by atoms with Crippen molar-refractivity contribution in [3.8, 4) is 0 Å². The highest BCUT2D eigenvalue weighted by Crippen LogP contribution is 2.36. The number of nitrogens with two attached hydrogens (primary N) is 1. The molecule has 2 nitrogen and oxygen atoms in total. The zero-order valence-electron chi connectivity index (χ0n) is 12.3. The molecule has 1 fully saturated rings. The van der Waals surface area contributed by atoms with Gasteiger partial charge in [0.05, 0.1) is 0 Å². The molecule has 3 rings (SSSR count). The first-order chi connectivity index (χ1) is 10.1. The van der Waals surface area contributed by atoms with Gasteiger partial charge in [-0.05, 0) is 47.7 Å². The molecule has 1 aliphatic rings. The van der Waals surface area contributed by atoms with Gasteiger partial charge in [-0.25, -0.2) is 4.39 Å². The van der Waals surface area contributed by atoms with Crippen LogP contribution in [0.25, 0.3) is 0 Å². The number of likely N-dealkylation sites (tertiary alicyclic amines) is 1. The third kappa shape index (κ3) is 3.24. The molecule has 1 aliphatic heterocycles. The Balaban J connectivity index is 1.82. The van der Waals surface area contributed by atoms with Gasteiger partial charge in [-0.1, -0.05) is 31.2 Å². The highest BCUT2D eigenvalue weighted by molar-refractivity contribution is 5.40. The second kappa shape index (κ2) is 5.86. The summed E-state index contributed by atoms with van der Waals surface area (Å²) < 4.78 is 13.5. The van der Waals surface area contributed by atoms with Crippen LogP contribution in [0.5, 0.6) is 0 Å². The van der Waals surface area contributed by atoms with Crippen molar-refractivity contribution < 1.29 is 4.39 Å². The third-order valence-electron chi connectivity index (χ3n) is 4.18. The fourth-order valence-electron chi connectivity index (χ4n) is 3.29. The van der Waals surface area contributed by atoms with Gasteiger partial charge in [0.25, 0.3) is 0 Å². The molecule has 0 aliphatic carbocycles. The molecule has 1 saturated heterocycles. The molecule has 0 saturated carbocycles. The zero-order valence-corrected chi connectivity index (χ0v) is 12.3. The molecular formula is C18H21FN2. The van der Waals surface area contributed by atoms with E-state index >= 15 is 0 Å². The second-order valence-corrected chi connectivity index (χ2v) is 6.09. The van der Waals surface area contributed by atoms with E-state index in [0.717, 1.165) is 30.8 Å². The zero-order chi connectivity index (χ0) is 14.8. The average Bonchev–Trinajstić information content (AvgIpc) is 2.79. The molecule has 2 aromatic carbocycles. The number of benzene rings is 2. The van der Waals surface area contributed by atoms with Crippen molar-refractivity contribution in [1.29, 1.82) is 0 Å². The van der Waals surface area contributed by atoms with Crippen LogP contribution in [0.1, 0.15) is 30.5 Å². The topological polar surface area (TPSA) is 29.3 Å². The van der Waals surface area contributed by atoms with Gasteiger partial charge in [0.15, 0.2) is 0 Å². The Hall–Kier alpha value is -1.87. The predicted molar refractivity (Wildman–Crippen MR) is 84.2 cm³/mol. The summed E-state index contributed by atoms with van der Waals surface area (Å²) in [6.07, 6.45) is 1.08. The molecule has 0 radical (unpaired) electrons. The number of nitrogen functional groups attached to an aromatic ring is 1. The number of hydrogen-bond acceptors (Lipinski definition) is 2. The minimum absolute atomic E-state index is 0.157. The smallest absolute Gasteiger partial charge is 0.123 e. The van der Waals surface area contributed by atoms with Crippen LogP contribution in [-0.4, -0.2) is 11.4 Å². The van der Waals surface area contributed by atoms with E-state index in [-0.39, 0.29) is 11.9 Å². The van der Waals surface area contributed by atoms with Crippen molar-refractivity contribution in [2.45, 2.75) is 25.9 Å². The minimum Gasteiger partial charge on any atom is -0.399 e. The van der Waals surface area contributed by atoms with Crippen LogP contribution in [0.15, 0.2) is 48.5 Å². The number of hydrogen-bond donors (Lipinski definition) is 1. The van der Waals surface area contributed by atoms with Crippen molar-refractivity contribution in [3.63, 3.8) is 0 Å². The molecule has 2 unspecified atom stereocenters. The van der Waals surface area contributed by atoms with Crippen LogP contribution in [0.4, 0.5) is 10.1 Å². The summed E-state index contributed by atoms with van der Waals surface area (Å²) in [6.45, 7) is 4.15. The maximum Gasteiger partial charge on any atom is 0.123 e. The van der Waals surface area contributed by atoms with Gasteiger partial charge in [-0.2, -0.15) is 0 Å². The molecule has 0 spiro atoms. The van der Waals surface area contributed by atoms with E-state index in [9.17, 15) is 4.39 Å². The molecule has 0 aromatic heterocycles. The number of anilines is 1. The lowest BCUT2D eigenvalue weighted by Crippen LogP contribution is -2.23. The van der Waals surface area contributed by atoms with Crippen molar-refractivity contribution in [2.75, 3.05) is 12.3 Å². The average molecular weight is 284 g/mol. The second-order valence-electron chi connectivity index (χ2n) is 6.09. The first-order valence-corrected chi connectivity index (χ1v) is 7.46. The van der Waals surface area contributed by atoms with Crippen LogP contribution < -0.4 is 5.73 Å². The van der Waals surface area contributed by atoms with Crippen LogP contribution >= 0.6 is 0 Å². The number of rotatable bonds is 3.